The van der Waals surface area contributed by atoms with Crippen molar-refractivity contribution in [2.24, 2.45) is 19.1 Å². The van der Waals surface area contributed by atoms with E-state index in [2.05, 4.69) is 9.98 Å². The van der Waals surface area contributed by atoms with E-state index in [9.17, 15) is 19.2 Å². The monoisotopic (exact) mass is 388 g/mol. The normalized spacial score (nSPS) is 21.9. The number of aromatic nitrogens is 4. The van der Waals surface area contributed by atoms with Crippen LogP contribution in [-0.2, 0) is 25.4 Å². The molecule has 1 fully saturated rings. The molecular formula is C16H20N8O4. The molecule has 28 heavy (non-hydrogen) atoms. The highest BCUT2D eigenvalue weighted by molar-refractivity contribution is 6.02. The van der Waals surface area contributed by atoms with E-state index in [4.69, 9.17) is 0 Å². The average Bonchev–Trinajstić information content (AvgIpc) is 3.23. The first-order valence-electron chi connectivity index (χ1n) is 8.68. The fourth-order valence-corrected chi connectivity index (χ4v) is 3.71. The van der Waals surface area contributed by atoms with E-state index in [0.717, 1.165) is 9.47 Å². The minimum atomic E-state index is -0.609. The van der Waals surface area contributed by atoms with E-state index in [1.54, 1.807) is 26.0 Å². The third-order valence-corrected chi connectivity index (χ3v) is 5.32. The molecule has 2 aliphatic heterocycles. The Morgan fingerprint density at radius 1 is 1.04 bits per heavy atom. The molecule has 0 N–H and O–H groups in total. The Hall–Kier alpha value is -3.44. The summed E-state index contributed by atoms with van der Waals surface area (Å²) in [5.74, 6) is -0.403. The van der Waals surface area contributed by atoms with Gasteiger partial charge in [0, 0.05) is 41.3 Å². The molecule has 0 aromatic carbocycles. The highest BCUT2D eigenvalue weighted by Crippen LogP contribution is 2.24. The fourth-order valence-electron chi connectivity index (χ4n) is 3.71. The second-order valence-corrected chi connectivity index (χ2v) is 7.00. The molecule has 2 aromatic rings. The van der Waals surface area contributed by atoms with Gasteiger partial charge < -0.3 is 14.4 Å². The van der Waals surface area contributed by atoms with Crippen LogP contribution in [0, 0.1) is 0 Å². The summed E-state index contributed by atoms with van der Waals surface area (Å²) in [4.78, 5) is 63.2. The maximum absolute atomic E-state index is 12.8. The third kappa shape index (κ3) is 2.30. The van der Waals surface area contributed by atoms with Crippen molar-refractivity contribution in [3.05, 3.63) is 27.2 Å². The van der Waals surface area contributed by atoms with E-state index in [0.29, 0.717) is 0 Å². The van der Waals surface area contributed by atoms with Gasteiger partial charge >= 0.3 is 11.7 Å². The van der Waals surface area contributed by atoms with Gasteiger partial charge in [0.2, 0.25) is 0 Å². The van der Waals surface area contributed by atoms with Crippen LogP contribution in [0.25, 0.3) is 11.2 Å². The number of aryl methyl sites for hydroxylation is 2. The highest BCUT2D eigenvalue weighted by Gasteiger charge is 2.48. The van der Waals surface area contributed by atoms with Crippen molar-refractivity contribution in [3.8, 4) is 0 Å². The molecule has 2 unspecified atom stereocenters. The molecular weight excluding hydrogens is 368 g/mol. The maximum Gasteiger partial charge on any atom is 0.332 e. The van der Waals surface area contributed by atoms with Crippen LogP contribution in [0.2, 0.25) is 0 Å². The lowest BCUT2D eigenvalue weighted by atomic mass is 10.1. The Morgan fingerprint density at radius 3 is 2.46 bits per heavy atom. The topological polar surface area (TPSA) is 118 Å². The number of urea groups is 1. The predicted molar refractivity (Wildman–Crippen MR) is 98.9 cm³/mol. The van der Waals surface area contributed by atoms with Crippen molar-refractivity contribution >= 4 is 29.4 Å². The van der Waals surface area contributed by atoms with Crippen LogP contribution >= 0.6 is 0 Å². The molecule has 2 aliphatic rings. The highest BCUT2D eigenvalue weighted by atomic mass is 16.2. The lowest BCUT2D eigenvalue weighted by Gasteiger charge is -2.40. The van der Waals surface area contributed by atoms with E-state index >= 15 is 0 Å². The van der Waals surface area contributed by atoms with Gasteiger partial charge in [-0.15, -0.1) is 0 Å². The van der Waals surface area contributed by atoms with Gasteiger partial charge in [-0.1, -0.05) is 0 Å². The van der Waals surface area contributed by atoms with Crippen LogP contribution in [-0.4, -0.2) is 84.5 Å². The number of hydrogen-bond acceptors (Lipinski definition) is 7. The molecule has 1 saturated heterocycles. The fraction of sp³-hybridized carbons (Fsp3) is 0.500. The van der Waals surface area contributed by atoms with Crippen molar-refractivity contribution < 1.29 is 9.59 Å². The number of aliphatic imine (C=N–C) groups is 1. The van der Waals surface area contributed by atoms with Crippen molar-refractivity contribution in [1.82, 2.24) is 33.4 Å². The number of fused-ring (bicyclic) bond motifs is 2. The van der Waals surface area contributed by atoms with Gasteiger partial charge in [0.25, 0.3) is 11.5 Å². The summed E-state index contributed by atoms with van der Waals surface area (Å²) in [6, 6.07) is -1.12. The quantitative estimate of drug-likeness (QED) is 0.600. The summed E-state index contributed by atoms with van der Waals surface area (Å²) in [7, 11) is 6.47. The largest absolute Gasteiger partial charge is 0.351 e. The summed E-state index contributed by atoms with van der Waals surface area (Å²) >= 11 is 0. The molecule has 0 spiro atoms. The Morgan fingerprint density at radius 2 is 1.75 bits per heavy atom. The summed E-state index contributed by atoms with van der Waals surface area (Å²) in [6.45, 7) is -0.211. The molecule has 2 atom stereocenters. The summed E-state index contributed by atoms with van der Waals surface area (Å²) in [6.07, 6.45) is 2.41. The van der Waals surface area contributed by atoms with Gasteiger partial charge in [-0.25, -0.2) is 19.6 Å². The molecule has 2 aromatic heterocycles. The zero-order valence-corrected chi connectivity index (χ0v) is 15.9. The number of imide groups is 1. The number of amides is 3. The first-order valence-corrected chi connectivity index (χ1v) is 8.68. The van der Waals surface area contributed by atoms with Gasteiger partial charge in [0.1, 0.15) is 0 Å². The zero-order chi connectivity index (χ0) is 20.3. The van der Waals surface area contributed by atoms with E-state index in [-0.39, 0.29) is 24.3 Å². The molecule has 148 valence electrons. The lowest BCUT2D eigenvalue weighted by Crippen LogP contribution is -2.64. The van der Waals surface area contributed by atoms with Crippen LogP contribution in [0.4, 0.5) is 4.79 Å². The first-order chi connectivity index (χ1) is 13.2. The summed E-state index contributed by atoms with van der Waals surface area (Å²) in [5, 5.41) is 0. The van der Waals surface area contributed by atoms with Gasteiger partial charge in [-0.05, 0) is 0 Å². The molecule has 3 amide bonds. The van der Waals surface area contributed by atoms with Crippen LogP contribution in [0.1, 0.15) is 0 Å². The van der Waals surface area contributed by atoms with E-state index in [1.165, 1.54) is 33.7 Å². The molecule has 4 rings (SSSR count). The number of carbonyl (C=O) groups is 2. The molecule has 4 heterocycles. The molecule has 0 aliphatic carbocycles. The predicted octanol–water partition coefficient (Wildman–Crippen LogP) is -2.00. The third-order valence-electron chi connectivity index (χ3n) is 5.32. The van der Waals surface area contributed by atoms with Crippen molar-refractivity contribution in [1.29, 1.82) is 0 Å². The molecule has 12 nitrogen and oxygen atoms in total. The first kappa shape index (κ1) is 17.9. The number of hydrogen-bond donors (Lipinski definition) is 0. The van der Waals surface area contributed by atoms with Gasteiger partial charge in [0.05, 0.1) is 12.7 Å². The molecule has 12 heteroatoms. The number of likely N-dealkylation sites (N-methyl/N-ethyl adjacent to an activating group) is 2. The number of rotatable bonds is 3. The standard InChI is InChI=1S/C16H20N8O4/c1-19-7-17-11-9(19)13(25)23(15(27)21(11)3)5-6-24-14(26)10-12(18-8-20(10)2)22(4)16(24)28/h7-9,11H,5-6H2,1-4H3. The minimum absolute atomic E-state index is 0.0996. The minimum Gasteiger partial charge on any atom is -0.351 e. The number of carbonyl (C=O) groups excluding carboxylic acids is 2. The van der Waals surface area contributed by atoms with Gasteiger partial charge in [-0.3, -0.25) is 23.6 Å². The van der Waals surface area contributed by atoms with Gasteiger partial charge in [-0.2, -0.15) is 0 Å². The Kier molecular flexibility index (Phi) is 3.87. The van der Waals surface area contributed by atoms with Crippen LogP contribution in [0.3, 0.4) is 0 Å². The SMILES string of the molecule is CN1C=NC2C1C(=O)N(CCn1c(=O)c3c(ncn3C)n(C)c1=O)C(=O)N2C. The second-order valence-electron chi connectivity index (χ2n) is 7.00. The second kappa shape index (κ2) is 6.04. The maximum atomic E-state index is 12.8. The van der Waals surface area contributed by atoms with E-state index < -0.39 is 35.4 Å². The van der Waals surface area contributed by atoms with Crippen LogP contribution < -0.4 is 11.2 Å². The smallest absolute Gasteiger partial charge is 0.332 e. The van der Waals surface area contributed by atoms with Crippen molar-refractivity contribution in [2.75, 3.05) is 20.6 Å². The van der Waals surface area contributed by atoms with Crippen molar-refractivity contribution in [2.45, 2.75) is 18.8 Å². The van der Waals surface area contributed by atoms with E-state index in [1.807, 2.05) is 0 Å². The van der Waals surface area contributed by atoms with Crippen molar-refractivity contribution in [3.63, 3.8) is 0 Å². The van der Waals surface area contributed by atoms with Crippen LogP contribution in [0.15, 0.2) is 20.9 Å². The Bertz CT molecular complexity index is 1140. The number of nitrogens with zero attached hydrogens (tertiary/aromatic N) is 8. The molecule has 0 bridgehead atoms. The molecule has 0 saturated carbocycles. The summed E-state index contributed by atoms with van der Waals surface area (Å²) in [5.41, 5.74) is -0.506. The Balaban J connectivity index is 1.67. The Labute approximate surface area is 158 Å². The number of imidazole rings is 1. The van der Waals surface area contributed by atoms with Crippen LogP contribution in [0.5, 0.6) is 0 Å². The summed E-state index contributed by atoms with van der Waals surface area (Å²) < 4.78 is 3.83. The lowest BCUT2D eigenvalue weighted by molar-refractivity contribution is -0.137. The average molecular weight is 388 g/mol. The van der Waals surface area contributed by atoms with Gasteiger partial charge in [0.15, 0.2) is 23.4 Å². The zero-order valence-electron chi connectivity index (χ0n) is 15.9. The molecule has 0 radical (unpaired) electrons.